The molecule has 1 heterocycles. The van der Waals surface area contributed by atoms with Crippen molar-refractivity contribution in [2.24, 2.45) is 0 Å². The van der Waals surface area contributed by atoms with Crippen LogP contribution in [-0.2, 0) is 11.3 Å². The Morgan fingerprint density at radius 2 is 2.25 bits per heavy atom. The lowest BCUT2D eigenvalue weighted by molar-refractivity contribution is -0.684. The van der Waals surface area contributed by atoms with Crippen molar-refractivity contribution < 1.29 is 33.3 Å². The molecule has 0 aliphatic heterocycles. The quantitative estimate of drug-likeness (QED) is 0.447. The minimum Gasteiger partial charge on any atom is -1.00 e. The van der Waals surface area contributed by atoms with Gasteiger partial charge in [0.2, 0.25) is 6.54 Å². The van der Waals surface area contributed by atoms with Gasteiger partial charge in [0.05, 0.1) is 0 Å². The van der Waals surface area contributed by atoms with Gasteiger partial charge in [-0.1, -0.05) is 0 Å². The van der Waals surface area contributed by atoms with Crippen molar-refractivity contribution in [3.63, 3.8) is 0 Å². The van der Waals surface area contributed by atoms with Gasteiger partial charge >= 0.3 is 0 Å². The normalized spacial score (nSPS) is 8.83. The van der Waals surface area contributed by atoms with Crippen LogP contribution in [0.25, 0.3) is 0 Å². The summed E-state index contributed by atoms with van der Waals surface area (Å²) in [6.45, 7) is 4.08. The van der Waals surface area contributed by atoms with Crippen LogP contribution in [0.1, 0.15) is 12.5 Å². The molecular weight excluding hydrogens is 265 g/mol. The molecule has 3 heteroatoms. The first-order valence-electron chi connectivity index (χ1n) is 3.63. The van der Waals surface area contributed by atoms with E-state index < -0.39 is 0 Å². The topological polar surface area (TPSA) is 20.9 Å². The third-order valence-electron chi connectivity index (χ3n) is 1.41. The van der Waals surface area contributed by atoms with Gasteiger partial charge in [-0.15, -0.1) is 0 Å². The fourth-order valence-corrected chi connectivity index (χ4v) is 1.01. The van der Waals surface area contributed by atoms with Gasteiger partial charge in [0.25, 0.3) is 0 Å². The molecule has 0 radical (unpaired) electrons. The summed E-state index contributed by atoms with van der Waals surface area (Å²) >= 11 is 0. The zero-order valence-electron chi connectivity index (χ0n) is 7.25. The van der Waals surface area contributed by atoms with Gasteiger partial charge in [0, 0.05) is 18.6 Å². The monoisotopic (exact) mass is 277 g/mol. The van der Waals surface area contributed by atoms with Crippen LogP contribution in [0.15, 0.2) is 24.5 Å². The highest BCUT2D eigenvalue weighted by Crippen LogP contribution is 1.88. The zero-order valence-corrected chi connectivity index (χ0v) is 9.41. The van der Waals surface area contributed by atoms with Gasteiger partial charge < -0.3 is 24.0 Å². The number of aryl methyl sites for hydroxylation is 1. The number of carbonyl (C=O) groups is 1. The van der Waals surface area contributed by atoms with E-state index in [2.05, 4.69) is 0 Å². The van der Waals surface area contributed by atoms with Crippen LogP contribution in [0.4, 0.5) is 0 Å². The second-order valence-corrected chi connectivity index (χ2v) is 2.76. The number of carbonyl (C=O) groups excluding carboxylic acids is 1. The molecule has 0 aromatic carbocycles. The second-order valence-electron chi connectivity index (χ2n) is 2.76. The maximum absolute atomic E-state index is 10.7. The van der Waals surface area contributed by atoms with Crippen LogP contribution in [0.5, 0.6) is 0 Å². The number of pyridine rings is 1. The molecule has 0 spiro atoms. The summed E-state index contributed by atoms with van der Waals surface area (Å²) in [5.41, 5.74) is 1.17. The summed E-state index contributed by atoms with van der Waals surface area (Å²) in [6.07, 6.45) is 3.86. The van der Waals surface area contributed by atoms with Gasteiger partial charge in [-0.3, -0.25) is 4.79 Å². The Kier molecular flexibility index (Phi) is 5.04. The summed E-state index contributed by atoms with van der Waals surface area (Å²) < 4.78 is 1.89. The lowest BCUT2D eigenvalue weighted by atomic mass is 10.3. The summed E-state index contributed by atoms with van der Waals surface area (Å²) in [7, 11) is 0. The third kappa shape index (κ3) is 3.80. The van der Waals surface area contributed by atoms with Gasteiger partial charge in [0.15, 0.2) is 18.2 Å². The van der Waals surface area contributed by atoms with E-state index in [9.17, 15) is 4.79 Å². The molecule has 0 unspecified atom stereocenters. The Balaban J connectivity index is 0.00000121. The van der Waals surface area contributed by atoms with E-state index in [1.807, 2.05) is 36.0 Å². The van der Waals surface area contributed by atoms with E-state index in [0.717, 1.165) is 0 Å². The summed E-state index contributed by atoms with van der Waals surface area (Å²) in [5.74, 6) is 0.181. The number of rotatable bonds is 2. The molecule has 66 valence electrons. The first-order chi connectivity index (χ1) is 5.18. The zero-order chi connectivity index (χ0) is 8.27. The van der Waals surface area contributed by atoms with E-state index in [0.29, 0.717) is 6.54 Å². The van der Waals surface area contributed by atoms with Gasteiger partial charge in [-0.05, 0) is 13.0 Å². The molecule has 0 N–H and O–H groups in total. The second kappa shape index (κ2) is 5.24. The lowest BCUT2D eigenvalue weighted by Crippen LogP contribution is -3.00. The first kappa shape index (κ1) is 11.6. The Morgan fingerprint density at radius 1 is 1.58 bits per heavy atom. The highest BCUT2D eigenvalue weighted by Gasteiger charge is 2.02. The number of hydrogen-bond acceptors (Lipinski definition) is 1. The van der Waals surface area contributed by atoms with Crippen LogP contribution in [0.2, 0.25) is 0 Å². The van der Waals surface area contributed by atoms with Crippen LogP contribution in [0.3, 0.4) is 0 Å². The smallest absolute Gasteiger partial charge is 0.206 e. The highest BCUT2D eigenvalue weighted by atomic mass is 127. The number of aromatic nitrogens is 1. The van der Waals surface area contributed by atoms with E-state index in [1.54, 1.807) is 6.92 Å². The van der Waals surface area contributed by atoms with Gasteiger partial charge in [0.1, 0.15) is 0 Å². The average Bonchev–Trinajstić information content (AvgIpc) is 1.85. The van der Waals surface area contributed by atoms with Crippen LogP contribution >= 0.6 is 0 Å². The number of halogens is 1. The van der Waals surface area contributed by atoms with Crippen LogP contribution in [0, 0.1) is 6.92 Å². The van der Waals surface area contributed by atoms with Crippen molar-refractivity contribution in [1.29, 1.82) is 0 Å². The Labute approximate surface area is 89.6 Å². The van der Waals surface area contributed by atoms with Crippen LogP contribution < -0.4 is 28.5 Å². The molecular formula is C9H12INO. The number of ketones is 1. The average molecular weight is 277 g/mol. The van der Waals surface area contributed by atoms with Crippen molar-refractivity contribution in [2.75, 3.05) is 0 Å². The van der Waals surface area contributed by atoms with Crippen molar-refractivity contribution >= 4 is 5.78 Å². The molecule has 0 aliphatic carbocycles. The third-order valence-corrected chi connectivity index (χ3v) is 1.41. The van der Waals surface area contributed by atoms with Crippen molar-refractivity contribution in [3.05, 3.63) is 30.1 Å². The molecule has 12 heavy (non-hydrogen) atoms. The fraction of sp³-hybridized carbons (Fsp3) is 0.333. The SMILES string of the molecule is CC(=O)C[n+]1cccc(C)c1.[I-]. The predicted molar refractivity (Wildman–Crippen MR) is 42.1 cm³/mol. The van der Waals surface area contributed by atoms with Crippen LogP contribution in [-0.4, -0.2) is 5.78 Å². The number of Topliss-reactive ketones (excluding diaryl/α,β-unsaturated/α-hetero) is 1. The molecule has 1 aromatic rings. The summed E-state index contributed by atoms with van der Waals surface area (Å²) in [5, 5.41) is 0. The minimum atomic E-state index is 0. The molecule has 0 saturated carbocycles. The molecule has 2 nitrogen and oxygen atoms in total. The van der Waals surface area contributed by atoms with Crippen molar-refractivity contribution in [2.45, 2.75) is 20.4 Å². The number of nitrogens with zero attached hydrogens (tertiary/aromatic N) is 1. The Morgan fingerprint density at radius 3 is 2.75 bits per heavy atom. The lowest BCUT2D eigenvalue weighted by Gasteiger charge is -1.92. The molecule has 0 bridgehead atoms. The summed E-state index contributed by atoms with van der Waals surface area (Å²) in [4.78, 5) is 10.7. The standard InChI is InChI=1S/C9H12NO.HI/c1-8-4-3-5-10(6-8)7-9(2)11;/h3-6H,7H2,1-2H3;1H/q+1;/p-1. The highest BCUT2D eigenvalue weighted by molar-refractivity contribution is 5.73. The number of hydrogen-bond donors (Lipinski definition) is 0. The largest absolute Gasteiger partial charge is 1.00 e. The molecule has 0 saturated heterocycles. The maximum atomic E-state index is 10.7. The van der Waals surface area contributed by atoms with Crippen molar-refractivity contribution in [3.8, 4) is 0 Å². The van der Waals surface area contributed by atoms with E-state index in [-0.39, 0.29) is 29.8 Å². The molecule has 0 aliphatic rings. The first-order valence-corrected chi connectivity index (χ1v) is 3.63. The van der Waals surface area contributed by atoms with E-state index >= 15 is 0 Å². The molecule has 1 aromatic heterocycles. The minimum absolute atomic E-state index is 0. The van der Waals surface area contributed by atoms with Gasteiger partial charge in [-0.2, -0.15) is 4.57 Å². The van der Waals surface area contributed by atoms with Gasteiger partial charge in [-0.25, -0.2) is 0 Å². The molecule has 1 rings (SSSR count). The molecule has 0 fully saturated rings. The van der Waals surface area contributed by atoms with E-state index in [1.165, 1.54) is 5.56 Å². The fourth-order valence-electron chi connectivity index (χ4n) is 1.01. The maximum Gasteiger partial charge on any atom is 0.206 e. The molecule has 0 atom stereocenters. The molecule has 0 amide bonds. The Hall–Kier alpha value is -0.450. The predicted octanol–water partition coefficient (Wildman–Crippen LogP) is -2.12. The van der Waals surface area contributed by atoms with E-state index in [4.69, 9.17) is 0 Å². The van der Waals surface area contributed by atoms with Crippen molar-refractivity contribution in [1.82, 2.24) is 0 Å². The Bertz CT molecular complexity index is 273. The summed E-state index contributed by atoms with van der Waals surface area (Å²) in [6, 6.07) is 3.95.